The van der Waals surface area contributed by atoms with E-state index in [1.165, 1.54) is 34.3 Å². The fourth-order valence-corrected chi connectivity index (χ4v) is 8.22. The summed E-state index contributed by atoms with van der Waals surface area (Å²) in [5, 5.41) is 7.83. The molecule has 73 heavy (non-hydrogen) atoms. The molecule has 4 aliphatic rings. The van der Waals surface area contributed by atoms with Crippen molar-refractivity contribution in [3.63, 3.8) is 0 Å². The van der Waals surface area contributed by atoms with Gasteiger partial charge in [0.1, 0.15) is 17.2 Å². The lowest BCUT2D eigenvalue weighted by molar-refractivity contribution is -0.144. The zero-order valence-electron chi connectivity index (χ0n) is 41.2. The summed E-state index contributed by atoms with van der Waals surface area (Å²) in [5.41, 5.74) is 6.24. The number of nitrogens with zero attached hydrogens (tertiary/aromatic N) is 6. The Balaban J connectivity index is 0.000000218. The lowest BCUT2D eigenvalue weighted by atomic mass is 10.1. The number of nitrogen functional groups attached to an aromatic ring is 1. The molecule has 22 heteroatoms. The van der Waals surface area contributed by atoms with E-state index < -0.39 is 58.8 Å². The Morgan fingerprint density at radius 3 is 1.42 bits per heavy atom. The van der Waals surface area contributed by atoms with E-state index in [0.29, 0.717) is 41.6 Å². The van der Waals surface area contributed by atoms with Crippen molar-refractivity contribution < 1.29 is 55.1 Å². The Bertz CT molecular complexity index is 2650. The Morgan fingerprint density at radius 2 is 1.04 bits per heavy atom. The zero-order valence-corrected chi connectivity index (χ0v) is 41.2. The van der Waals surface area contributed by atoms with Gasteiger partial charge >= 0.3 is 42.1 Å². The van der Waals surface area contributed by atoms with Crippen molar-refractivity contribution in [1.82, 2.24) is 29.7 Å². The molecule has 2 unspecified atom stereocenters. The standard InChI is InChI=1S/C28H34F3N5O4.C23H26F3N5O2/c1-16(17-5-6-17)14-36(15-20-10-9-19(12-32-20)28(29,30)31)25(38)24(37)34-21-11-22(18-7-8-18)23(33-13-21)35-26(39)40-27(2,3)4;1-13(14-2-3-14)11-31(12-17-7-6-16(9-28-17)23(24,25)26)22(33)21(32)30-18-8-19(15-4-5-15)20(27)29-10-18/h9-13,16-18H,5-8,14-15H2,1-4H3,(H,34,37)(H,33,35,39);6-10,13-15H,2-5,11-12H2,1H3,(H2,27,29)(H,30,32). The molecule has 0 aliphatic heterocycles. The third-order valence-electron chi connectivity index (χ3n) is 12.9. The van der Waals surface area contributed by atoms with Crippen molar-refractivity contribution in [1.29, 1.82) is 0 Å². The van der Waals surface area contributed by atoms with Gasteiger partial charge < -0.3 is 30.9 Å². The number of amides is 5. The molecule has 392 valence electrons. The molecular formula is C51H60F6N10O6. The maximum absolute atomic E-state index is 13.2. The number of carbonyl (C=O) groups excluding carboxylic acids is 5. The summed E-state index contributed by atoms with van der Waals surface area (Å²) in [6, 6.07) is 7.69. The topological polar surface area (TPSA) is 215 Å². The van der Waals surface area contributed by atoms with Crippen LogP contribution in [0.1, 0.15) is 131 Å². The molecule has 5 N–H and O–H groups in total. The first-order chi connectivity index (χ1) is 34.3. The van der Waals surface area contributed by atoms with Crippen LogP contribution in [0.15, 0.2) is 61.2 Å². The Labute approximate surface area is 418 Å². The third kappa shape index (κ3) is 15.8. The van der Waals surface area contributed by atoms with Crippen LogP contribution in [-0.2, 0) is 49.4 Å². The molecule has 4 aromatic heterocycles. The van der Waals surface area contributed by atoms with Gasteiger partial charge in [0.05, 0.1) is 59.4 Å². The molecule has 4 fully saturated rings. The highest BCUT2D eigenvalue weighted by Crippen LogP contribution is 2.45. The molecular weight excluding hydrogens is 963 g/mol. The molecule has 5 amide bonds. The van der Waals surface area contributed by atoms with Crippen molar-refractivity contribution in [2.45, 2.75) is 129 Å². The number of rotatable bonds is 15. The number of nitrogens with one attached hydrogen (secondary N) is 3. The normalized spacial score (nSPS) is 16.5. The van der Waals surface area contributed by atoms with Gasteiger partial charge in [0.2, 0.25) is 0 Å². The molecule has 0 saturated heterocycles. The molecule has 4 heterocycles. The number of alkyl halides is 6. The second-order valence-electron chi connectivity index (χ2n) is 20.5. The fourth-order valence-electron chi connectivity index (χ4n) is 8.22. The third-order valence-corrected chi connectivity index (χ3v) is 12.9. The van der Waals surface area contributed by atoms with Crippen molar-refractivity contribution in [2.24, 2.45) is 23.7 Å². The molecule has 0 radical (unpaired) electrons. The summed E-state index contributed by atoms with van der Waals surface area (Å²) in [6.45, 7) is 9.65. The first-order valence-corrected chi connectivity index (χ1v) is 24.3. The van der Waals surface area contributed by atoms with E-state index in [1.54, 1.807) is 32.9 Å². The van der Waals surface area contributed by atoms with Crippen LogP contribution in [-0.4, -0.2) is 78.1 Å². The van der Waals surface area contributed by atoms with E-state index in [-0.39, 0.29) is 54.5 Å². The van der Waals surface area contributed by atoms with Crippen LogP contribution >= 0.6 is 0 Å². The smallest absolute Gasteiger partial charge is 0.417 e. The quantitative estimate of drug-likeness (QED) is 0.0650. The van der Waals surface area contributed by atoms with Gasteiger partial charge in [0, 0.05) is 31.0 Å². The minimum Gasteiger partial charge on any atom is -0.444 e. The molecule has 0 aromatic carbocycles. The van der Waals surface area contributed by atoms with Gasteiger partial charge in [-0.05, 0) is 150 Å². The number of pyridine rings is 4. The van der Waals surface area contributed by atoms with Gasteiger partial charge in [-0.1, -0.05) is 13.8 Å². The Morgan fingerprint density at radius 1 is 0.616 bits per heavy atom. The largest absolute Gasteiger partial charge is 0.444 e. The van der Waals surface area contributed by atoms with E-state index in [2.05, 4.69) is 35.9 Å². The van der Waals surface area contributed by atoms with Gasteiger partial charge in [0.25, 0.3) is 0 Å². The fraction of sp³-hybridized carbons (Fsp3) is 0.510. The minimum absolute atomic E-state index is 0.0608. The van der Waals surface area contributed by atoms with Gasteiger partial charge in [-0.25, -0.2) is 14.8 Å². The lowest BCUT2D eigenvalue weighted by Gasteiger charge is -2.25. The summed E-state index contributed by atoms with van der Waals surface area (Å²) in [7, 11) is 0. The van der Waals surface area contributed by atoms with E-state index in [0.717, 1.165) is 87.0 Å². The molecule has 4 aliphatic carbocycles. The first-order valence-electron chi connectivity index (χ1n) is 24.3. The average Bonchev–Trinajstić information content (AvgIpc) is 4.11. The number of aromatic nitrogens is 4. The van der Waals surface area contributed by atoms with Gasteiger partial charge in [-0.3, -0.25) is 34.5 Å². The number of nitrogens with two attached hydrogens (primary N) is 1. The zero-order chi connectivity index (χ0) is 53.0. The molecule has 0 bridgehead atoms. The summed E-state index contributed by atoms with van der Waals surface area (Å²) in [5.74, 6) is -0.900. The van der Waals surface area contributed by atoms with E-state index in [1.807, 2.05) is 13.8 Å². The molecule has 4 aromatic rings. The van der Waals surface area contributed by atoms with Crippen LogP contribution in [0.3, 0.4) is 0 Å². The van der Waals surface area contributed by atoms with Gasteiger partial charge in [-0.2, -0.15) is 26.3 Å². The average molecular weight is 1020 g/mol. The second kappa shape index (κ2) is 22.1. The monoisotopic (exact) mass is 1020 g/mol. The maximum Gasteiger partial charge on any atom is 0.417 e. The van der Waals surface area contributed by atoms with Crippen molar-refractivity contribution >= 4 is 52.7 Å². The first kappa shape index (κ1) is 53.9. The predicted molar refractivity (Wildman–Crippen MR) is 257 cm³/mol. The highest BCUT2D eigenvalue weighted by molar-refractivity contribution is 6.40. The predicted octanol–water partition coefficient (Wildman–Crippen LogP) is 9.70. The number of hydrogen-bond donors (Lipinski definition) is 4. The van der Waals surface area contributed by atoms with E-state index in [4.69, 9.17) is 10.5 Å². The van der Waals surface area contributed by atoms with Crippen molar-refractivity contribution in [3.05, 3.63) is 94.8 Å². The summed E-state index contributed by atoms with van der Waals surface area (Å²) < 4.78 is 82.6. The van der Waals surface area contributed by atoms with Crippen LogP contribution in [0, 0.1) is 23.7 Å². The van der Waals surface area contributed by atoms with Crippen LogP contribution in [0.4, 0.5) is 54.1 Å². The number of ether oxygens (including phenoxy) is 1. The van der Waals surface area contributed by atoms with Crippen LogP contribution < -0.4 is 21.7 Å². The van der Waals surface area contributed by atoms with Crippen molar-refractivity contribution in [3.8, 4) is 0 Å². The molecule has 0 spiro atoms. The summed E-state index contributed by atoms with van der Waals surface area (Å²) in [6.07, 6.45) is 2.56. The lowest BCUT2D eigenvalue weighted by Crippen LogP contribution is -2.42. The Hall–Kier alpha value is -6.87. The number of carbonyl (C=O) groups is 5. The highest BCUT2D eigenvalue weighted by Gasteiger charge is 2.36. The minimum atomic E-state index is -4.52. The summed E-state index contributed by atoms with van der Waals surface area (Å²) >= 11 is 0. The molecule has 4 saturated carbocycles. The highest BCUT2D eigenvalue weighted by atomic mass is 19.4. The van der Waals surface area contributed by atoms with Crippen LogP contribution in [0.2, 0.25) is 0 Å². The van der Waals surface area contributed by atoms with E-state index >= 15 is 0 Å². The SMILES string of the molecule is CC(CN(Cc1ccc(C(F)(F)F)cn1)C(=O)C(=O)Nc1cnc(N)c(C2CC2)c1)C1CC1.CC(CN(Cc1ccc(C(F)(F)F)cn1)C(=O)C(=O)Nc1cnc(NC(=O)OC(C)(C)C)c(C2CC2)c1)C1CC1. The van der Waals surface area contributed by atoms with Gasteiger partial charge in [-0.15, -0.1) is 0 Å². The Kier molecular flexibility index (Phi) is 16.3. The second-order valence-corrected chi connectivity index (χ2v) is 20.5. The van der Waals surface area contributed by atoms with E-state index in [9.17, 15) is 50.3 Å². The maximum atomic E-state index is 13.2. The van der Waals surface area contributed by atoms with Crippen LogP contribution in [0.25, 0.3) is 0 Å². The molecule has 16 nitrogen and oxygen atoms in total. The summed E-state index contributed by atoms with van der Waals surface area (Å²) in [4.78, 5) is 83.1. The molecule has 2 atom stereocenters. The van der Waals surface area contributed by atoms with Crippen LogP contribution in [0.5, 0.6) is 0 Å². The number of hydrogen-bond acceptors (Lipinski definition) is 11. The van der Waals surface area contributed by atoms with Crippen molar-refractivity contribution in [2.75, 3.05) is 34.8 Å². The van der Waals surface area contributed by atoms with Gasteiger partial charge in [0.15, 0.2) is 0 Å². The number of halogens is 6. The number of anilines is 4. The molecule has 8 rings (SSSR count).